The first-order valence-electron chi connectivity index (χ1n) is 4.93. The van der Waals surface area contributed by atoms with Gasteiger partial charge in [0.25, 0.3) is 0 Å². The van der Waals surface area contributed by atoms with Crippen molar-refractivity contribution >= 4 is 18.2 Å². The third-order valence-electron chi connectivity index (χ3n) is 2.34. The van der Waals surface area contributed by atoms with Crippen LogP contribution in [-0.4, -0.2) is 30.4 Å². The minimum Gasteiger partial charge on any atom is -0.481 e. The lowest BCUT2D eigenvalue weighted by Gasteiger charge is -2.12. The molecule has 0 spiro atoms. The van der Waals surface area contributed by atoms with Crippen LogP contribution in [0.1, 0.15) is 28.3 Å². The Kier molecular flexibility index (Phi) is 4.39. The van der Waals surface area contributed by atoms with Gasteiger partial charge >= 0.3 is 11.9 Å². The van der Waals surface area contributed by atoms with Crippen molar-refractivity contribution in [2.45, 2.75) is 12.3 Å². The molecule has 0 saturated heterocycles. The number of esters is 1. The van der Waals surface area contributed by atoms with Gasteiger partial charge in [-0.25, -0.2) is 0 Å². The molecule has 0 aromatic heterocycles. The van der Waals surface area contributed by atoms with Crippen LogP contribution in [0.4, 0.5) is 0 Å². The highest BCUT2D eigenvalue weighted by atomic mass is 16.5. The van der Waals surface area contributed by atoms with E-state index in [-0.39, 0.29) is 6.42 Å². The van der Waals surface area contributed by atoms with E-state index in [1.807, 2.05) is 0 Å². The highest BCUT2D eigenvalue weighted by Crippen LogP contribution is 2.21. The summed E-state index contributed by atoms with van der Waals surface area (Å²) >= 11 is 0. The normalized spacial score (nSPS) is 11.6. The molecule has 90 valence electrons. The van der Waals surface area contributed by atoms with Crippen LogP contribution in [0.3, 0.4) is 0 Å². The number of carboxylic acids is 1. The number of aliphatic carboxylic acids is 1. The molecule has 17 heavy (non-hydrogen) atoms. The molecule has 1 aromatic carbocycles. The Morgan fingerprint density at radius 3 is 2.35 bits per heavy atom. The molecule has 0 bridgehead atoms. The third kappa shape index (κ3) is 3.41. The number of ether oxygens (including phenoxy) is 1. The first kappa shape index (κ1) is 12.9. The fraction of sp³-hybridized carbons (Fsp3) is 0.250. The molecule has 0 heterocycles. The van der Waals surface area contributed by atoms with Crippen molar-refractivity contribution in [1.29, 1.82) is 0 Å². The molecule has 5 heteroatoms. The van der Waals surface area contributed by atoms with E-state index in [9.17, 15) is 14.4 Å². The maximum atomic E-state index is 11.4. The van der Waals surface area contributed by atoms with E-state index in [0.717, 1.165) is 0 Å². The fourth-order valence-corrected chi connectivity index (χ4v) is 1.46. The van der Waals surface area contributed by atoms with E-state index < -0.39 is 17.9 Å². The maximum Gasteiger partial charge on any atom is 0.313 e. The third-order valence-corrected chi connectivity index (χ3v) is 2.34. The summed E-state index contributed by atoms with van der Waals surface area (Å²) in [7, 11) is 1.21. The second-order valence-electron chi connectivity index (χ2n) is 3.46. The molecule has 0 aliphatic heterocycles. The minimum atomic E-state index is -1.08. The van der Waals surface area contributed by atoms with Gasteiger partial charge in [-0.05, 0) is 5.56 Å². The van der Waals surface area contributed by atoms with Crippen molar-refractivity contribution in [3.8, 4) is 0 Å². The molecule has 0 saturated carbocycles. The molecule has 0 fully saturated rings. The van der Waals surface area contributed by atoms with Gasteiger partial charge in [0.05, 0.1) is 19.4 Å². The number of rotatable bonds is 5. The summed E-state index contributed by atoms with van der Waals surface area (Å²) in [4.78, 5) is 32.6. The largest absolute Gasteiger partial charge is 0.481 e. The second-order valence-corrected chi connectivity index (χ2v) is 3.46. The molecule has 5 nitrogen and oxygen atoms in total. The van der Waals surface area contributed by atoms with E-state index in [0.29, 0.717) is 17.4 Å². The number of benzene rings is 1. The Morgan fingerprint density at radius 1 is 1.35 bits per heavy atom. The first-order valence-corrected chi connectivity index (χ1v) is 4.93. The zero-order valence-corrected chi connectivity index (χ0v) is 9.25. The quantitative estimate of drug-likeness (QED) is 0.614. The molecule has 1 atom stereocenters. The number of carboxylic acid groups (broad SMARTS) is 1. The van der Waals surface area contributed by atoms with E-state index in [1.165, 1.54) is 19.2 Å². The molecule has 0 amide bonds. The molecule has 1 unspecified atom stereocenters. The van der Waals surface area contributed by atoms with Crippen LogP contribution in [0.15, 0.2) is 24.3 Å². The summed E-state index contributed by atoms with van der Waals surface area (Å²) in [6, 6.07) is 6.16. The van der Waals surface area contributed by atoms with Crippen molar-refractivity contribution in [3.63, 3.8) is 0 Å². The van der Waals surface area contributed by atoms with E-state index in [1.54, 1.807) is 12.1 Å². The fourth-order valence-electron chi connectivity index (χ4n) is 1.46. The molecule has 1 aromatic rings. The van der Waals surface area contributed by atoms with Crippen LogP contribution in [0, 0.1) is 0 Å². The SMILES string of the molecule is COC(=O)C(CC(=O)O)c1ccc(C=O)cc1. The summed E-state index contributed by atoms with van der Waals surface area (Å²) < 4.78 is 4.55. The van der Waals surface area contributed by atoms with Gasteiger partial charge in [-0.1, -0.05) is 24.3 Å². The number of hydrogen-bond donors (Lipinski definition) is 1. The standard InChI is InChI=1S/C12H12O5/c1-17-12(16)10(6-11(14)15)9-4-2-8(7-13)3-5-9/h2-5,7,10H,6H2,1H3,(H,14,15). The number of hydrogen-bond acceptors (Lipinski definition) is 4. The predicted octanol–water partition coefficient (Wildman–Crippen LogP) is 1.23. The van der Waals surface area contributed by atoms with Gasteiger partial charge in [0.2, 0.25) is 0 Å². The Bertz CT molecular complexity index is 421. The average molecular weight is 236 g/mol. The number of methoxy groups -OCH3 is 1. The van der Waals surface area contributed by atoms with Crippen LogP contribution in [0.5, 0.6) is 0 Å². The van der Waals surface area contributed by atoms with Crippen molar-refractivity contribution < 1.29 is 24.2 Å². The van der Waals surface area contributed by atoms with Gasteiger partial charge in [0.1, 0.15) is 6.29 Å². The Hall–Kier alpha value is -2.17. The zero-order chi connectivity index (χ0) is 12.8. The zero-order valence-electron chi connectivity index (χ0n) is 9.25. The van der Waals surface area contributed by atoms with Crippen LogP contribution >= 0.6 is 0 Å². The lowest BCUT2D eigenvalue weighted by atomic mass is 9.95. The second kappa shape index (κ2) is 5.79. The van der Waals surface area contributed by atoms with E-state index in [2.05, 4.69) is 4.74 Å². The molecule has 0 aliphatic rings. The van der Waals surface area contributed by atoms with Gasteiger partial charge in [0, 0.05) is 5.56 Å². The van der Waals surface area contributed by atoms with Gasteiger partial charge in [-0.2, -0.15) is 0 Å². The van der Waals surface area contributed by atoms with Crippen molar-refractivity contribution in [2.24, 2.45) is 0 Å². The number of carbonyl (C=O) groups excluding carboxylic acids is 2. The summed E-state index contributed by atoms with van der Waals surface area (Å²) in [5.74, 6) is -2.54. The Morgan fingerprint density at radius 2 is 1.94 bits per heavy atom. The molecular formula is C12H12O5. The highest BCUT2D eigenvalue weighted by molar-refractivity contribution is 5.84. The molecular weight excluding hydrogens is 224 g/mol. The lowest BCUT2D eigenvalue weighted by molar-refractivity contribution is -0.147. The lowest BCUT2D eigenvalue weighted by Crippen LogP contribution is -2.17. The summed E-state index contributed by atoms with van der Waals surface area (Å²) in [5.41, 5.74) is 0.984. The maximum absolute atomic E-state index is 11.4. The van der Waals surface area contributed by atoms with Crippen LogP contribution in [-0.2, 0) is 14.3 Å². The number of carbonyl (C=O) groups is 3. The van der Waals surface area contributed by atoms with Gasteiger partial charge in [-0.3, -0.25) is 14.4 Å². The summed E-state index contributed by atoms with van der Waals surface area (Å²) in [6.07, 6.45) is 0.335. The Labute approximate surface area is 98.0 Å². The van der Waals surface area contributed by atoms with Gasteiger partial charge in [0.15, 0.2) is 0 Å². The first-order chi connectivity index (χ1) is 8.08. The van der Waals surface area contributed by atoms with Crippen LogP contribution in [0.25, 0.3) is 0 Å². The van der Waals surface area contributed by atoms with Crippen LogP contribution < -0.4 is 0 Å². The molecule has 1 rings (SSSR count). The predicted molar refractivity (Wildman–Crippen MR) is 58.8 cm³/mol. The molecule has 1 N–H and O–H groups in total. The van der Waals surface area contributed by atoms with Crippen LogP contribution in [0.2, 0.25) is 0 Å². The van der Waals surface area contributed by atoms with Gasteiger partial charge < -0.3 is 9.84 Å². The molecule has 0 radical (unpaired) electrons. The summed E-state index contributed by atoms with van der Waals surface area (Å²) in [5, 5.41) is 8.73. The average Bonchev–Trinajstić information content (AvgIpc) is 2.35. The smallest absolute Gasteiger partial charge is 0.313 e. The minimum absolute atomic E-state index is 0.340. The van der Waals surface area contributed by atoms with E-state index in [4.69, 9.17) is 5.11 Å². The Balaban J connectivity index is 2.99. The van der Waals surface area contributed by atoms with Crippen molar-refractivity contribution in [3.05, 3.63) is 35.4 Å². The monoisotopic (exact) mass is 236 g/mol. The summed E-state index contributed by atoms with van der Waals surface area (Å²) in [6.45, 7) is 0. The van der Waals surface area contributed by atoms with Gasteiger partial charge in [-0.15, -0.1) is 0 Å². The number of aldehydes is 1. The molecule has 0 aliphatic carbocycles. The van der Waals surface area contributed by atoms with Crippen molar-refractivity contribution in [2.75, 3.05) is 7.11 Å². The van der Waals surface area contributed by atoms with E-state index >= 15 is 0 Å². The van der Waals surface area contributed by atoms with Crippen molar-refractivity contribution in [1.82, 2.24) is 0 Å². The topological polar surface area (TPSA) is 80.7 Å². The highest BCUT2D eigenvalue weighted by Gasteiger charge is 2.24.